The zero-order chi connectivity index (χ0) is 16.8. The van der Waals surface area contributed by atoms with E-state index in [1.807, 2.05) is 13.0 Å². The van der Waals surface area contributed by atoms with E-state index in [4.69, 9.17) is 0 Å². The van der Waals surface area contributed by atoms with Gasteiger partial charge in [0, 0.05) is 10.9 Å². The number of ketones is 1. The number of hydrogen-bond donors (Lipinski definition) is 1. The summed E-state index contributed by atoms with van der Waals surface area (Å²) in [4.78, 5) is 15.7. The summed E-state index contributed by atoms with van der Waals surface area (Å²) in [5.74, 6) is 0.0942. The fourth-order valence-corrected chi connectivity index (χ4v) is 3.02. The quantitative estimate of drug-likeness (QED) is 0.610. The smallest absolute Gasteiger partial charge is 0.162 e. The van der Waals surface area contributed by atoms with Crippen molar-refractivity contribution in [2.75, 3.05) is 0 Å². The summed E-state index contributed by atoms with van der Waals surface area (Å²) >= 11 is 0. The minimum atomic E-state index is 0.0942. The van der Waals surface area contributed by atoms with Gasteiger partial charge in [0.1, 0.15) is 0 Å². The molecule has 23 heavy (non-hydrogen) atoms. The molecule has 1 heterocycles. The molecule has 0 fully saturated rings. The van der Waals surface area contributed by atoms with E-state index in [-0.39, 0.29) is 11.2 Å². The normalized spacial score (nSPS) is 11.9. The van der Waals surface area contributed by atoms with Crippen LogP contribution in [0.1, 0.15) is 49.2 Å². The average Bonchev–Trinajstić information content (AvgIpc) is 2.85. The summed E-state index contributed by atoms with van der Waals surface area (Å²) in [6.45, 7) is 10.3. The highest BCUT2D eigenvalue weighted by atomic mass is 16.1. The summed E-state index contributed by atoms with van der Waals surface area (Å²) in [7, 11) is 0. The third kappa shape index (κ3) is 2.81. The lowest BCUT2D eigenvalue weighted by atomic mass is 9.86. The molecule has 0 saturated heterocycles. The number of H-pyrrole nitrogens is 1. The molecule has 0 radical (unpaired) electrons. The van der Waals surface area contributed by atoms with Crippen LogP contribution in [0.5, 0.6) is 0 Å². The first-order valence-corrected chi connectivity index (χ1v) is 8.01. The van der Waals surface area contributed by atoms with Crippen LogP contribution in [-0.4, -0.2) is 10.8 Å². The minimum Gasteiger partial charge on any atom is -0.354 e. The van der Waals surface area contributed by atoms with Gasteiger partial charge in [-0.3, -0.25) is 4.79 Å². The third-order valence-electron chi connectivity index (χ3n) is 4.35. The molecule has 0 aliphatic carbocycles. The molecular formula is C21H23NO. The lowest BCUT2D eigenvalue weighted by Gasteiger charge is -2.19. The monoisotopic (exact) mass is 305 g/mol. The van der Waals surface area contributed by atoms with Crippen molar-refractivity contribution in [1.29, 1.82) is 0 Å². The summed E-state index contributed by atoms with van der Waals surface area (Å²) in [5.41, 5.74) is 6.34. The van der Waals surface area contributed by atoms with Crippen LogP contribution < -0.4 is 0 Å². The number of nitrogens with one attached hydrogen (secondary N) is 1. The molecule has 2 heteroatoms. The Balaban J connectivity index is 2.19. The molecule has 0 spiro atoms. The number of hydrogen-bond acceptors (Lipinski definition) is 1. The minimum absolute atomic E-state index is 0.0942. The van der Waals surface area contributed by atoms with Crippen molar-refractivity contribution in [2.45, 2.75) is 40.0 Å². The molecule has 0 bridgehead atoms. The Labute approximate surface area is 137 Å². The summed E-state index contributed by atoms with van der Waals surface area (Å²) in [6.07, 6.45) is 0. The number of carbonyl (C=O) groups is 1. The van der Waals surface area contributed by atoms with Crippen molar-refractivity contribution in [2.24, 2.45) is 0 Å². The highest BCUT2D eigenvalue weighted by Crippen LogP contribution is 2.32. The summed E-state index contributed by atoms with van der Waals surface area (Å²) < 4.78 is 0. The van der Waals surface area contributed by atoms with Crippen LogP contribution in [0.15, 0.2) is 42.5 Å². The Morgan fingerprint density at radius 1 is 1.00 bits per heavy atom. The number of fused-ring (bicyclic) bond motifs is 1. The zero-order valence-electron chi connectivity index (χ0n) is 14.4. The van der Waals surface area contributed by atoms with Crippen molar-refractivity contribution in [3.05, 3.63) is 59.2 Å². The van der Waals surface area contributed by atoms with E-state index < -0.39 is 0 Å². The van der Waals surface area contributed by atoms with Gasteiger partial charge in [0.2, 0.25) is 0 Å². The number of Topliss-reactive ketones (excluding diaryl/α,β-unsaturated/α-hetero) is 1. The van der Waals surface area contributed by atoms with Gasteiger partial charge in [-0.05, 0) is 42.5 Å². The van der Waals surface area contributed by atoms with Gasteiger partial charge in [0.25, 0.3) is 0 Å². The molecule has 3 rings (SSSR count). The van der Waals surface area contributed by atoms with Crippen LogP contribution in [0.25, 0.3) is 22.2 Å². The predicted molar refractivity (Wildman–Crippen MR) is 97.2 cm³/mol. The summed E-state index contributed by atoms with van der Waals surface area (Å²) in [5, 5.41) is 1.01. The van der Waals surface area contributed by atoms with Crippen LogP contribution >= 0.6 is 0 Å². The Bertz CT molecular complexity index is 877. The Morgan fingerprint density at radius 2 is 1.65 bits per heavy atom. The highest BCUT2D eigenvalue weighted by molar-refractivity contribution is 6.12. The molecule has 118 valence electrons. The van der Waals surface area contributed by atoms with Gasteiger partial charge in [-0.1, -0.05) is 56.7 Å². The second-order valence-corrected chi connectivity index (χ2v) is 7.31. The van der Waals surface area contributed by atoms with E-state index in [9.17, 15) is 4.79 Å². The number of aromatic amines is 1. The fraction of sp³-hybridized carbons (Fsp3) is 0.286. The lowest BCUT2D eigenvalue weighted by molar-refractivity contribution is 0.102. The molecule has 0 unspecified atom stereocenters. The van der Waals surface area contributed by atoms with Gasteiger partial charge in [0.05, 0.1) is 11.3 Å². The molecule has 0 aliphatic heterocycles. The molecule has 0 aliphatic rings. The van der Waals surface area contributed by atoms with Crippen LogP contribution in [0.4, 0.5) is 0 Å². The maximum atomic E-state index is 12.2. The SMILES string of the molecule is CC(=O)c1c(-c2ccc(C(C)(C)C)cc2)[nH]c2ccc(C)cc12. The second-order valence-electron chi connectivity index (χ2n) is 7.31. The molecule has 1 aromatic heterocycles. The van der Waals surface area contributed by atoms with E-state index in [0.717, 1.165) is 33.3 Å². The van der Waals surface area contributed by atoms with Gasteiger partial charge < -0.3 is 4.98 Å². The van der Waals surface area contributed by atoms with Gasteiger partial charge in [0.15, 0.2) is 5.78 Å². The van der Waals surface area contributed by atoms with Crippen molar-refractivity contribution in [3.63, 3.8) is 0 Å². The highest BCUT2D eigenvalue weighted by Gasteiger charge is 2.18. The molecule has 3 aromatic rings. The number of rotatable bonds is 2. The molecule has 0 amide bonds. The molecule has 1 N–H and O–H groups in total. The van der Waals surface area contributed by atoms with Crippen molar-refractivity contribution >= 4 is 16.7 Å². The fourth-order valence-electron chi connectivity index (χ4n) is 3.02. The predicted octanol–water partition coefficient (Wildman–Crippen LogP) is 5.64. The van der Waals surface area contributed by atoms with Crippen molar-refractivity contribution in [3.8, 4) is 11.3 Å². The maximum Gasteiger partial charge on any atom is 0.162 e. The number of carbonyl (C=O) groups excluding carboxylic acids is 1. The van der Waals surface area contributed by atoms with Crippen LogP contribution in [-0.2, 0) is 5.41 Å². The first kappa shape index (κ1) is 15.5. The van der Waals surface area contributed by atoms with Gasteiger partial charge >= 0.3 is 0 Å². The Morgan fingerprint density at radius 3 is 2.22 bits per heavy atom. The van der Waals surface area contributed by atoms with Crippen LogP contribution in [0.3, 0.4) is 0 Å². The van der Waals surface area contributed by atoms with Gasteiger partial charge in [-0.25, -0.2) is 0 Å². The van der Waals surface area contributed by atoms with E-state index >= 15 is 0 Å². The topological polar surface area (TPSA) is 32.9 Å². The second kappa shape index (κ2) is 5.38. The van der Waals surface area contributed by atoms with Crippen molar-refractivity contribution < 1.29 is 4.79 Å². The summed E-state index contributed by atoms with van der Waals surface area (Å²) in [6, 6.07) is 14.7. The third-order valence-corrected chi connectivity index (χ3v) is 4.35. The van der Waals surface area contributed by atoms with Gasteiger partial charge in [-0.2, -0.15) is 0 Å². The lowest BCUT2D eigenvalue weighted by Crippen LogP contribution is -2.10. The Hall–Kier alpha value is -2.35. The molecule has 2 aromatic carbocycles. The largest absolute Gasteiger partial charge is 0.354 e. The zero-order valence-corrected chi connectivity index (χ0v) is 14.4. The number of aryl methyl sites for hydroxylation is 1. The molecule has 2 nitrogen and oxygen atoms in total. The van der Waals surface area contributed by atoms with Crippen LogP contribution in [0, 0.1) is 6.92 Å². The molecule has 0 saturated carbocycles. The molecular weight excluding hydrogens is 282 g/mol. The first-order valence-electron chi connectivity index (χ1n) is 8.01. The number of aromatic nitrogens is 1. The van der Waals surface area contributed by atoms with Gasteiger partial charge in [-0.15, -0.1) is 0 Å². The van der Waals surface area contributed by atoms with Crippen molar-refractivity contribution in [1.82, 2.24) is 4.98 Å². The average molecular weight is 305 g/mol. The molecule has 0 atom stereocenters. The standard InChI is InChI=1S/C21H23NO/c1-13-6-11-18-17(12-13)19(14(2)23)20(22-18)15-7-9-16(10-8-15)21(3,4)5/h6-12,22H,1-5H3. The van der Waals surface area contributed by atoms with Crippen LogP contribution in [0.2, 0.25) is 0 Å². The maximum absolute atomic E-state index is 12.2. The number of benzene rings is 2. The Kier molecular flexibility index (Phi) is 3.63. The van der Waals surface area contributed by atoms with E-state index in [0.29, 0.717) is 0 Å². The van der Waals surface area contributed by atoms with E-state index in [1.165, 1.54) is 5.56 Å². The first-order chi connectivity index (χ1) is 10.8. The van der Waals surface area contributed by atoms with E-state index in [1.54, 1.807) is 6.92 Å². The van der Waals surface area contributed by atoms with E-state index in [2.05, 4.69) is 62.2 Å².